The Kier molecular flexibility index (Phi) is 3.79. The number of thiophene rings is 1. The van der Waals surface area contributed by atoms with Gasteiger partial charge < -0.3 is 15.4 Å². The number of hydrogen-bond acceptors (Lipinski definition) is 6. The van der Waals surface area contributed by atoms with Crippen LogP contribution in [0.3, 0.4) is 0 Å². The first-order chi connectivity index (χ1) is 9.36. The highest BCUT2D eigenvalue weighted by Gasteiger charge is 2.16. The van der Waals surface area contributed by atoms with Crippen LogP contribution in [0.5, 0.6) is 0 Å². The fraction of sp³-hybridized carbons (Fsp3) is 0.538. The van der Waals surface area contributed by atoms with E-state index in [-0.39, 0.29) is 0 Å². The molecule has 1 aliphatic heterocycles. The van der Waals surface area contributed by atoms with Gasteiger partial charge in [0.25, 0.3) is 0 Å². The Balaban J connectivity index is 1.88. The number of hydrogen-bond donors (Lipinski definition) is 2. The van der Waals surface area contributed by atoms with Crippen LogP contribution in [0.15, 0.2) is 11.4 Å². The van der Waals surface area contributed by atoms with Gasteiger partial charge in [0, 0.05) is 13.2 Å². The van der Waals surface area contributed by atoms with Crippen LogP contribution in [-0.2, 0) is 4.74 Å². The van der Waals surface area contributed by atoms with E-state index in [4.69, 9.17) is 4.74 Å². The summed E-state index contributed by atoms with van der Waals surface area (Å²) in [5.74, 6) is 1.61. The maximum atomic E-state index is 5.51. The van der Waals surface area contributed by atoms with Crippen molar-refractivity contribution >= 4 is 33.3 Å². The number of nitrogens with zero attached hydrogens (tertiary/aromatic N) is 2. The molecule has 0 aliphatic carbocycles. The molecule has 3 rings (SSSR count). The largest absolute Gasteiger partial charge is 0.379 e. The second-order valence-corrected chi connectivity index (χ2v) is 5.52. The van der Waals surface area contributed by atoms with Crippen LogP contribution >= 0.6 is 11.3 Å². The highest BCUT2D eigenvalue weighted by Crippen LogP contribution is 2.27. The Labute approximate surface area is 116 Å². The lowest BCUT2D eigenvalue weighted by Crippen LogP contribution is -2.30. The number of nitrogens with one attached hydrogen (secondary N) is 2. The lowest BCUT2D eigenvalue weighted by molar-refractivity contribution is 0.0875. The van der Waals surface area contributed by atoms with E-state index in [1.807, 2.05) is 6.92 Å². The van der Waals surface area contributed by atoms with Crippen molar-refractivity contribution in [1.82, 2.24) is 9.97 Å². The molecule has 19 heavy (non-hydrogen) atoms. The summed E-state index contributed by atoms with van der Waals surface area (Å²) in [5.41, 5.74) is 0. The molecule has 1 fully saturated rings. The molecule has 102 valence electrons. The van der Waals surface area contributed by atoms with Gasteiger partial charge in [-0.1, -0.05) is 0 Å². The topological polar surface area (TPSA) is 59.1 Å². The van der Waals surface area contributed by atoms with E-state index in [1.54, 1.807) is 11.3 Å². The van der Waals surface area contributed by atoms with Crippen LogP contribution in [0.4, 0.5) is 11.8 Å². The summed E-state index contributed by atoms with van der Waals surface area (Å²) in [5, 5.41) is 9.83. The molecule has 5 nitrogen and oxygen atoms in total. The minimum atomic E-state index is 0.348. The normalized spacial score (nSPS) is 19.5. The summed E-state index contributed by atoms with van der Waals surface area (Å²) in [7, 11) is 0. The molecular formula is C13H18N4OS. The molecule has 2 aromatic heterocycles. The van der Waals surface area contributed by atoms with E-state index in [9.17, 15) is 0 Å². The van der Waals surface area contributed by atoms with Crippen LogP contribution in [0, 0.1) is 0 Å². The molecular weight excluding hydrogens is 260 g/mol. The fourth-order valence-corrected chi connectivity index (χ4v) is 3.01. The van der Waals surface area contributed by atoms with E-state index < -0.39 is 0 Å². The molecule has 2 aromatic rings. The smallest absolute Gasteiger partial charge is 0.226 e. The lowest BCUT2D eigenvalue weighted by atomic mass is 10.1. The van der Waals surface area contributed by atoms with Crippen LogP contribution in [0.25, 0.3) is 10.2 Å². The van der Waals surface area contributed by atoms with E-state index >= 15 is 0 Å². The van der Waals surface area contributed by atoms with Gasteiger partial charge in [-0.05, 0) is 31.2 Å². The van der Waals surface area contributed by atoms with E-state index in [1.165, 1.54) is 0 Å². The van der Waals surface area contributed by atoms with E-state index in [0.29, 0.717) is 12.0 Å². The van der Waals surface area contributed by atoms with Crippen molar-refractivity contribution in [3.8, 4) is 0 Å². The molecule has 6 heteroatoms. The number of ether oxygens (including phenoxy) is 1. The van der Waals surface area contributed by atoms with Gasteiger partial charge in [-0.3, -0.25) is 0 Å². The van der Waals surface area contributed by atoms with Crippen molar-refractivity contribution in [3.05, 3.63) is 11.4 Å². The van der Waals surface area contributed by atoms with Gasteiger partial charge in [0.2, 0.25) is 5.95 Å². The molecule has 3 heterocycles. The third kappa shape index (κ3) is 2.79. The number of rotatable bonds is 4. The van der Waals surface area contributed by atoms with E-state index in [2.05, 4.69) is 32.0 Å². The summed E-state index contributed by atoms with van der Waals surface area (Å²) >= 11 is 1.64. The Morgan fingerprint density at radius 2 is 2.42 bits per heavy atom. The molecule has 0 bridgehead atoms. The van der Waals surface area contributed by atoms with Gasteiger partial charge in [0.1, 0.15) is 10.6 Å². The Morgan fingerprint density at radius 1 is 1.47 bits per heavy atom. The maximum Gasteiger partial charge on any atom is 0.226 e. The monoisotopic (exact) mass is 278 g/mol. The zero-order valence-corrected chi connectivity index (χ0v) is 11.8. The maximum absolute atomic E-state index is 5.51. The van der Waals surface area contributed by atoms with Gasteiger partial charge in [-0.25, -0.2) is 4.98 Å². The van der Waals surface area contributed by atoms with Crippen LogP contribution < -0.4 is 10.6 Å². The standard InChI is InChI=1S/C13H18N4OS/c1-2-14-13-16-11(10-5-7-19-12(10)17-13)15-9-4-3-6-18-8-9/h5,7,9H,2-4,6,8H2,1H3,(H2,14,15,16,17). The van der Waals surface area contributed by atoms with Crippen molar-refractivity contribution in [2.45, 2.75) is 25.8 Å². The van der Waals surface area contributed by atoms with Gasteiger partial charge in [-0.2, -0.15) is 4.98 Å². The molecule has 1 unspecified atom stereocenters. The van der Waals surface area contributed by atoms with Gasteiger partial charge in [0.05, 0.1) is 18.0 Å². The Hall–Kier alpha value is -1.40. The second kappa shape index (κ2) is 5.71. The van der Waals surface area contributed by atoms with Gasteiger partial charge in [-0.15, -0.1) is 11.3 Å². The molecule has 1 aliphatic rings. The summed E-state index contributed by atoms with van der Waals surface area (Å²) < 4.78 is 5.51. The SMILES string of the molecule is CCNc1nc(NC2CCCOC2)c2ccsc2n1. The highest BCUT2D eigenvalue weighted by molar-refractivity contribution is 7.16. The fourth-order valence-electron chi connectivity index (χ4n) is 2.25. The third-order valence-corrected chi connectivity index (χ3v) is 3.97. The minimum absolute atomic E-state index is 0.348. The Bertz CT molecular complexity index is 551. The number of fused-ring (bicyclic) bond motifs is 1. The summed E-state index contributed by atoms with van der Waals surface area (Å²) in [4.78, 5) is 10.1. The van der Waals surface area contributed by atoms with Crippen molar-refractivity contribution in [2.75, 3.05) is 30.4 Å². The minimum Gasteiger partial charge on any atom is -0.379 e. The average Bonchev–Trinajstić information content (AvgIpc) is 2.89. The first kappa shape index (κ1) is 12.6. The number of anilines is 2. The number of aromatic nitrogens is 2. The molecule has 0 aromatic carbocycles. The van der Waals surface area contributed by atoms with Crippen molar-refractivity contribution < 1.29 is 4.74 Å². The summed E-state index contributed by atoms with van der Waals surface area (Å²) in [6.45, 7) is 4.50. The zero-order valence-electron chi connectivity index (χ0n) is 11.0. The molecule has 0 saturated carbocycles. The van der Waals surface area contributed by atoms with Crippen LogP contribution in [-0.4, -0.2) is 35.8 Å². The average molecular weight is 278 g/mol. The molecule has 0 amide bonds. The first-order valence-electron chi connectivity index (χ1n) is 6.70. The van der Waals surface area contributed by atoms with Gasteiger partial charge in [0.15, 0.2) is 0 Å². The lowest BCUT2D eigenvalue weighted by Gasteiger charge is -2.24. The summed E-state index contributed by atoms with van der Waals surface area (Å²) in [6.07, 6.45) is 2.24. The van der Waals surface area contributed by atoms with Crippen molar-refractivity contribution in [2.24, 2.45) is 0 Å². The molecule has 2 N–H and O–H groups in total. The second-order valence-electron chi connectivity index (χ2n) is 4.62. The Morgan fingerprint density at radius 3 is 3.21 bits per heavy atom. The predicted octanol–water partition coefficient (Wildman–Crippen LogP) is 2.71. The first-order valence-corrected chi connectivity index (χ1v) is 7.58. The van der Waals surface area contributed by atoms with Crippen LogP contribution in [0.2, 0.25) is 0 Å². The third-order valence-electron chi connectivity index (χ3n) is 3.16. The quantitative estimate of drug-likeness (QED) is 0.900. The highest BCUT2D eigenvalue weighted by atomic mass is 32.1. The zero-order chi connectivity index (χ0) is 13.1. The molecule has 0 radical (unpaired) electrons. The molecule has 1 atom stereocenters. The van der Waals surface area contributed by atoms with Crippen LogP contribution in [0.1, 0.15) is 19.8 Å². The van der Waals surface area contributed by atoms with Gasteiger partial charge >= 0.3 is 0 Å². The van der Waals surface area contributed by atoms with Crippen molar-refractivity contribution in [1.29, 1.82) is 0 Å². The van der Waals surface area contributed by atoms with Crippen molar-refractivity contribution in [3.63, 3.8) is 0 Å². The molecule has 0 spiro atoms. The molecule has 1 saturated heterocycles. The summed E-state index contributed by atoms with van der Waals surface area (Å²) in [6, 6.07) is 2.42. The predicted molar refractivity (Wildman–Crippen MR) is 79.0 cm³/mol. The van der Waals surface area contributed by atoms with E-state index in [0.717, 1.165) is 48.6 Å².